The van der Waals surface area contributed by atoms with Crippen molar-refractivity contribution in [3.8, 4) is 123 Å². The fourth-order valence-electron chi connectivity index (χ4n) is 18.5. The molecule has 0 unspecified atom stereocenters. The van der Waals surface area contributed by atoms with E-state index < -0.39 is 0 Å². The summed E-state index contributed by atoms with van der Waals surface area (Å²) in [4.78, 5) is 16.5. The van der Waals surface area contributed by atoms with Gasteiger partial charge in [0.1, 0.15) is 0 Å². The number of nitrogens with zero attached hydrogens (tertiary/aromatic N) is 5. The lowest BCUT2D eigenvalue weighted by Gasteiger charge is -2.18. The Hall–Kier alpha value is -15.4. The van der Waals surface area contributed by atoms with Gasteiger partial charge in [0.15, 0.2) is 11.6 Å². The maximum absolute atomic E-state index is 5.59. The smallest absolute Gasteiger partial charge is 0.238 e. The van der Waals surface area contributed by atoms with E-state index in [1.54, 1.807) is 0 Å². The predicted octanol–water partition coefficient (Wildman–Crippen LogP) is 29.7. The minimum absolute atomic E-state index is 0.516. The molecule has 0 saturated heterocycles. The van der Waals surface area contributed by atoms with Gasteiger partial charge >= 0.3 is 0 Å². The van der Waals surface area contributed by atoms with Crippen molar-refractivity contribution in [3.05, 3.63) is 419 Å². The van der Waals surface area contributed by atoms with Crippen LogP contribution < -0.4 is 0 Å². The molecule has 0 N–H and O–H groups in total. The Balaban J connectivity index is 0.745. The zero-order chi connectivity index (χ0) is 76.3. The molecule has 0 radical (unpaired) electrons. The highest BCUT2D eigenvalue weighted by atomic mass is 15.2. The SMILES string of the molecule is c1ccc(-c2nc(-c3ccccc3)nc(-n3c4ccc(-c5cccc(-c6c(-c7cccc8ccccc78)ccc7ccc(-c8cccc9ccccc89)cc67)c5)cc4c4ccc5c6cc(-c7cccc(-c8c(-c9cccc%10ccccc9%10)ccc9ccc(-c%10cccc%11ccccc%10%11)cc89)c7)ccc6n(-c6ccccc6)c5c43)n2)cc1. The molecule has 0 aliphatic rings. The second-order valence-electron chi connectivity index (χ2n) is 30.5. The van der Waals surface area contributed by atoms with Crippen LogP contribution in [0, 0.1) is 0 Å². The van der Waals surface area contributed by atoms with Crippen LogP contribution in [0.1, 0.15) is 0 Å². The van der Waals surface area contributed by atoms with Gasteiger partial charge in [-0.1, -0.05) is 358 Å². The van der Waals surface area contributed by atoms with Crippen molar-refractivity contribution in [1.82, 2.24) is 24.1 Å². The van der Waals surface area contributed by atoms with Crippen LogP contribution in [0.5, 0.6) is 0 Å². The first-order chi connectivity index (χ1) is 57.5. The van der Waals surface area contributed by atoms with Crippen molar-refractivity contribution in [2.24, 2.45) is 0 Å². The molecule has 23 aromatic rings. The highest BCUT2D eigenvalue weighted by molar-refractivity contribution is 6.25. The maximum atomic E-state index is 5.59. The first-order valence-corrected chi connectivity index (χ1v) is 39.8. The molecule has 0 aliphatic carbocycles. The fraction of sp³-hybridized carbons (Fsp3) is 0. The second-order valence-corrected chi connectivity index (χ2v) is 30.5. The maximum Gasteiger partial charge on any atom is 0.238 e. The van der Waals surface area contributed by atoms with Gasteiger partial charge in [-0.2, -0.15) is 9.97 Å². The van der Waals surface area contributed by atoms with Gasteiger partial charge in [0.25, 0.3) is 0 Å². The summed E-state index contributed by atoms with van der Waals surface area (Å²) in [5.41, 5.74) is 25.5. The number of hydrogen-bond acceptors (Lipinski definition) is 3. The van der Waals surface area contributed by atoms with Crippen LogP contribution in [0.2, 0.25) is 0 Å². The molecule has 116 heavy (non-hydrogen) atoms. The molecular weight excluding hydrogens is 1400 g/mol. The third kappa shape index (κ3) is 11.0. The lowest BCUT2D eigenvalue weighted by Crippen LogP contribution is -2.07. The summed E-state index contributed by atoms with van der Waals surface area (Å²) in [6.07, 6.45) is 0. The molecule has 0 aliphatic heterocycles. The average Bonchev–Trinajstić information content (AvgIpc) is 1.53. The topological polar surface area (TPSA) is 48.5 Å². The molecule has 0 bridgehead atoms. The largest absolute Gasteiger partial charge is 0.307 e. The summed E-state index contributed by atoms with van der Waals surface area (Å²) in [6.45, 7) is 0. The first kappa shape index (κ1) is 66.4. The Labute approximate surface area is 669 Å². The molecule has 3 heterocycles. The Bertz CT molecular complexity index is 7860. The molecule has 5 nitrogen and oxygen atoms in total. The average molecular weight is 1470 g/mol. The predicted molar refractivity (Wildman–Crippen MR) is 488 cm³/mol. The summed E-state index contributed by atoms with van der Waals surface area (Å²) >= 11 is 0. The first-order valence-electron chi connectivity index (χ1n) is 39.8. The Morgan fingerprint density at radius 2 is 0.483 bits per heavy atom. The van der Waals surface area contributed by atoms with Crippen molar-refractivity contribution >= 4 is 108 Å². The molecular formula is C111H69N5. The van der Waals surface area contributed by atoms with E-state index in [2.05, 4.69) is 416 Å². The van der Waals surface area contributed by atoms with E-state index in [-0.39, 0.29) is 0 Å². The fourth-order valence-corrected chi connectivity index (χ4v) is 18.5. The molecule has 23 rings (SSSR count). The molecule has 0 spiro atoms. The zero-order valence-corrected chi connectivity index (χ0v) is 63.1. The monoisotopic (exact) mass is 1470 g/mol. The number of benzene rings is 20. The molecule has 0 fully saturated rings. The summed E-state index contributed by atoms with van der Waals surface area (Å²) in [5.74, 6) is 1.68. The van der Waals surface area contributed by atoms with Crippen molar-refractivity contribution in [2.45, 2.75) is 0 Å². The third-order valence-corrected chi connectivity index (χ3v) is 23.9. The molecule has 20 aromatic carbocycles. The minimum Gasteiger partial charge on any atom is -0.307 e. The molecule has 3 aromatic heterocycles. The van der Waals surface area contributed by atoms with E-state index in [1.807, 2.05) is 12.1 Å². The number of fused-ring (bicyclic) bond motifs is 13. The molecule has 5 heteroatoms. The van der Waals surface area contributed by atoms with Crippen LogP contribution in [-0.4, -0.2) is 24.1 Å². The van der Waals surface area contributed by atoms with E-state index in [4.69, 9.17) is 15.0 Å². The van der Waals surface area contributed by atoms with Gasteiger partial charge in [-0.3, -0.25) is 4.57 Å². The van der Waals surface area contributed by atoms with Gasteiger partial charge in [-0.15, -0.1) is 0 Å². The molecule has 0 saturated carbocycles. The minimum atomic E-state index is 0.516. The van der Waals surface area contributed by atoms with Crippen LogP contribution in [0.15, 0.2) is 419 Å². The molecule has 0 atom stereocenters. The van der Waals surface area contributed by atoms with Crippen LogP contribution in [0.25, 0.3) is 232 Å². The summed E-state index contributed by atoms with van der Waals surface area (Å²) in [5, 5.41) is 18.9. The number of para-hydroxylation sites is 1. The Kier molecular flexibility index (Phi) is 15.6. The van der Waals surface area contributed by atoms with Crippen LogP contribution in [-0.2, 0) is 0 Å². The van der Waals surface area contributed by atoms with Crippen molar-refractivity contribution in [3.63, 3.8) is 0 Å². The van der Waals surface area contributed by atoms with Crippen molar-refractivity contribution < 1.29 is 0 Å². The Morgan fingerprint density at radius 1 is 0.164 bits per heavy atom. The van der Waals surface area contributed by atoms with Crippen molar-refractivity contribution in [1.29, 1.82) is 0 Å². The van der Waals surface area contributed by atoms with Crippen LogP contribution in [0.3, 0.4) is 0 Å². The Morgan fingerprint density at radius 3 is 0.940 bits per heavy atom. The van der Waals surface area contributed by atoms with Gasteiger partial charge in [0.05, 0.1) is 22.1 Å². The van der Waals surface area contributed by atoms with E-state index in [0.717, 1.165) is 93.8 Å². The number of rotatable bonds is 12. The van der Waals surface area contributed by atoms with Gasteiger partial charge in [0.2, 0.25) is 5.95 Å². The van der Waals surface area contributed by atoms with E-state index in [9.17, 15) is 0 Å². The van der Waals surface area contributed by atoms with Gasteiger partial charge in [0, 0.05) is 38.4 Å². The summed E-state index contributed by atoms with van der Waals surface area (Å²) in [6, 6.07) is 154. The lowest BCUT2D eigenvalue weighted by atomic mass is 9.85. The van der Waals surface area contributed by atoms with Gasteiger partial charge in [-0.25, -0.2) is 4.98 Å². The lowest BCUT2D eigenvalue weighted by molar-refractivity contribution is 0.953. The summed E-state index contributed by atoms with van der Waals surface area (Å²) < 4.78 is 4.79. The highest BCUT2D eigenvalue weighted by Gasteiger charge is 2.27. The van der Waals surface area contributed by atoms with Gasteiger partial charge in [-0.05, 0) is 214 Å². The second kappa shape index (κ2) is 27.2. The number of aromatic nitrogens is 5. The number of hydrogen-bond donors (Lipinski definition) is 0. The molecule has 0 amide bonds. The molecule has 538 valence electrons. The van der Waals surface area contributed by atoms with Crippen LogP contribution in [0.4, 0.5) is 0 Å². The summed E-state index contributed by atoms with van der Waals surface area (Å²) in [7, 11) is 0. The van der Waals surface area contributed by atoms with Gasteiger partial charge < -0.3 is 4.57 Å². The zero-order valence-electron chi connectivity index (χ0n) is 63.1. The van der Waals surface area contributed by atoms with E-state index in [0.29, 0.717) is 17.6 Å². The third-order valence-electron chi connectivity index (χ3n) is 23.9. The highest BCUT2D eigenvalue weighted by Crippen LogP contribution is 2.49. The normalized spacial score (nSPS) is 11.8. The van der Waals surface area contributed by atoms with Crippen LogP contribution >= 0.6 is 0 Å². The van der Waals surface area contributed by atoms with E-state index >= 15 is 0 Å². The standard InChI is InChI=1S/C111H69N5/c1-4-28-76(29-5-1)109-112-110(77-30-6-2-7-31-77)114-111(113-109)116-104-63-57-81(79-37-19-39-85(65-79)106-96(94-49-23-35-73-27-13-17-45-90(73)94)59-55-75-51-53-83(69-100(75)106)92-47-21-33-71-25-11-15-43-88(71)92)67-102(104)98-61-60-97-101-66-80(56-62-103(101)115(107(97)108(98)116)86-40-8-3-9-41-86)78-36-18-38-84(64-78)105-95(93-48-22-34-72-26-12-16-44-89(72)93)58-54-74-50-52-82(68-99(74)105)91-46-20-32-70-24-10-14-42-87(70)91/h1-69H. The quantitative estimate of drug-likeness (QED) is 0.122. The van der Waals surface area contributed by atoms with Crippen molar-refractivity contribution in [2.75, 3.05) is 0 Å². The van der Waals surface area contributed by atoms with E-state index in [1.165, 1.54) is 120 Å².